The number of fused-ring (bicyclic) bond motifs is 1. The highest BCUT2D eigenvalue weighted by atomic mass is 35.5. The van der Waals surface area contributed by atoms with E-state index in [1.54, 1.807) is 0 Å². The van der Waals surface area contributed by atoms with Crippen molar-refractivity contribution in [2.24, 2.45) is 0 Å². The molecule has 3 aliphatic heterocycles. The number of benzene rings is 1. The molecule has 1 aromatic heterocycles. The maximum absolute atomic E-state index is 9.63. The number of hydrogen-bond donors (Lipinski definition) is 0. The molecule has 1 unspecified atom stereocenters. The highest BCUT2D eigenvalue weighted by Gasteiger charge is 2.45. The fraction of sp³-hybridized carbons (Fsp3) is 0.619. The Bertz CT molecular complexity index is 929. The Morgan fingerprint density at radius 1 is 1.14 bits per heavy atom. The number of anilines is 1. The number of hydrogen-bond acceptors (Lipinski definition) is 6. The molecule has 0 radical (unpaired) electrons. The van der Waals surface area contributed by atoms with Gasteiger partial charge in [0.15, 0.2) is 11.8 Å². The van der Waals surface area contributed by atoms with Gasteiger partial charge in [-0.1, -0.05) is 11.6 Å². The second kappa shape index (κ2) is 7.77. The number of ether oxygens (including phenoxy) is 2. The maximum atomic E-state index is 9.63. The van der Waals surface area contributed by atoms with Gasteiger partial charge in [-0.2, -0.15) is 10.4 Å². The first-order chi connectivity index (χ1) is 14.2. The summed E-state index contributed by atoms with van der Waals surface area (Å²) in [4.78, 5) is 4.62. The van der Waals surface area contributed by atoms with Crippen LogP contribution in [0.3, 0.4) is 0 Å². The Hall–Kier alpha value is -1.85. The number of aromatic nitrogens is 2. The molecular formula is C21H26ClN5O2. The normalized spacial score (nSPS) is 25.4. The van der Waals surface area contributed by atoms with Crippen LogP contribution in [0.5, 0.6) is 0 Å². The Morgan fingerprint density at radius 2 is 2.03 bits per heavy atom. The molecular weight excluding hydrogens is 390 g/mol. The van der Waals surface area contributed by atoms with Gasteiger partial charge in [0.05, 0.1) is 41.7 Å². The van der Waals surface area contributed by atoms with E-state index in [1.807, 2.05) is 16.9 Å². The van der Waals surface area contributed by atoms with Crippen LogP contribution in [0.25, 0.3) is 10.9 Å². The summed E-state index contributed by atoms with van der Waals surface area (Å²) < 4.78 is 13.3. The summed E-state index contributed by atoms with van der Waals surface area (Å²) >= 11 is 6.68. The SMILES string of the molecule is N#CC1(N2CCCN(c3cc4c(cnn4C4CCCCO4)cc3Cl)CC2)COC1. The monoisotopic (exact) mass is 415 g/mol. The van der Waals surface area contributed by atoms with Gasteiger partial charge in [-0.05, 0) is 37.8 Å². The summed E-state index contributed by atoms with van der Waals surface area (Å²) in [5.74, 6) is 0. The molecule has 29 heavy (non-hydrogen) atoms. The second-order valence-corrected chi connectivity index (χ2v) is 8.64. The summed E-state index contributed by atoms with van der Waals surface area (Å²) in [6, 6.07) is 6.64. The maximum Gasteiger partial charge on any atom is 0.156 e. The van der Waals surface area contributed by atoms with Crippen LogP contribution in [0.1, 0.15) is 31.9 Å². The van der Waals surface area contributed by atoms with E-state index in [4.69, 9.17) is 21.1 Å². The van der Waals surface area contributed by atoms with Crippen LogP contribution >= 0.6 is 11.6 Å². The third kappa shape index (κ3) is 3.38. The van der Waals surface area contributed by atoms with Crippen LogP contribution in [0, 0.1) is 11.3 Å². The minimum absolute atomic E-state index is 0.00371. The third-order valence-corrected chi connectivity index (χ3v) is 6.73. The van der Waals surface area contributed by atoms with Gasteiger partial charge in [-0.15, -0.1) is 0 Å². The number of rotatable bonds is 3. The summed E-state index contributed by atoms with van der Waals surface area (Å²) in [5.41, 5.74) is 1.66. The lowest BCUT2D eigenvalue weighted by Gasteiger charge is -2.44. The minimum atomic E-state index is -0.444. The highest BCUT2D eigenvalue weighted by molar-refractivity contribution is 6.34. The molecule has 3 saturated heterocycles. The molecule has 0 N–H and O–H groups in total. The molecule has 4 heterocycles. The fourth-order valence-corrected chi connectivity index (χ4v) is 4.93. The lowest BCUT2D eigenvalue weighted by molar-refractivity contribution is -0.106. The van der Waals surface area contributed by atoms with Gasteiger partial charge in [0.25, 0.3) is 0 Å². The van der Waals surface area contributed by atoms with Crippen LogP contribution < -0.4 is 4.90 Å². The zero-order chi connectivity index (χ0) is 19.8. The molecule has 5 rings (SSSR count). The highest BCUT2D eigenvalue weighted by Crippen LogP contribution is 2.35. The zero-order valence-electron chi connectivity index (χ0n) is 16.5. The molecule has 0 amide bonds. The van der Waals surface area contributed by atoms with E-state index in [2.05, 4.69) is 27.0 Å². The Kier molecular flexibility index (Phi) is 5.12. The molecule has 3 aliphatic rings. The molecule has 0 aliphatic carbocycles. The van der Waals surface area contributed by atoms with E-state index in [9.17, 15) is 5.26 Å². The van der Waals surface area contributed by atoms with Crippen molar-refractivity contribution >= 4 is 28.2 Å². The molecule has 8 heteroatoms. The van der Waals surface area contributed by atoms with E-state index in [0.717, 1.165) is 73.7 Å². The summed E-state index contributed by atoms with van der Waals surface area (Å²) in [6.45, 7) is 5.30. The van der Waals surface area contributed by atoms with E-state index < -0.39 is 5.54 Å². The van der Waals surface area contributed by atoms with Crippen molar-refractivity contribution in [3.8, 4) is 6.07 Å². The third-order valence-electron chi connectivity index (χ3n) is 6.42. The van der Waals surface area contributed by atoms with Crippen molar-refractivity contribution in [1.82, 2.24) is 14.7 Å². The van der Waals surface area contributed by atoms with Gasteiger partial charge < -0.3 is 14.4 Å². The molecule has 2 aromatic rings. The summed E-state index contributed by atoms with van der Waals surface area (Å²) in [7, 11) is 0. The van der Waals surface area contributed by atoms with E-state index in [-0.39, 0.29) is 6.23 Å². The first-order valence-electron chi connectivity index (χ1n) is 10.5. The smallest absolute Gasteiger partial charge is 0.156 e. The molecule has 0 bridgehead atoms. The molecule has 1 atom stereocenters. The van der Waals surface area contributed by atoms with Gasteiger partial charge in [0.2, 0.25) is 0 Å². The van der Waals surface area contributed by atoms with E-state index in [0.29, 0.717) is 13.2 Å². The van der Waals surface area contributed by atoms with Crippen molar-refractivity contribution in [3.05, 3.63) is 23.4 Å². The fourth-order valence-electron chi connectivity index (χ4n) is 4.64. The van der Waals surface area contributed by atoms with Gasteiger partial charge in [0.1, 0.15) is 0 Å². The average Bonchev–Trinajstić information content (AvgIpc) is 2.96. The molecule has 0 saturated carbocycles. The zero-order valence-corrected chi connectivity index (χ0v) is 17.3. The lowest BCUT2D eigenvalue weighted by Crippen LogP contribution is -2.62. The topological polar surface area (TPSA) is 66.6 Å². The number of halogens is 1. The van der Waals surface area contributed by atoms with Crippen molar-refractivity contribution < 1.29 is 9.47 Å². The standard InChI is InChI=1S/C21H26ClN5O2/c22-17-10-16-12-24-27(20-4-1-2-9-29-20)18(16)11-19(17)25-5-3-6-26(8-7-25)21(13-23)14-28-15-21/h10-12,20H,1-9,14-15H2. The predicted molar refractivity (Wildman–Crippen MR) is 111 cm³/mol. The van der Waals surface area contributed by atoms with Crippen molar-refractivity contribution in [3.63, 3.8) is 0 Å². The lowest BCUT2D eigenvalue weighted by atomic mass is 9.97. The van der Waals surface area contributed by atoms with Crippen molar-refractivity contribution in [2.45, 2.75) is 37.5 Å². The first-order valence-corrected chi connectivity index (χ1v) is 10.9. The van der Waals surface area contributed by atoms with Crippen LogP contribution in [0.4, 0.5) is 5.69 Å². The van der Waals surface area contributed by atoms with Crippen LogP contribution in [-0.2, 0) is 9.47 Å². The minimum Gasteiger partial charge on any atom is -0.375 e. The van der Waals surface area contributed by atoms with Gasteiger partial charge >= 0.3 is 0 Å². The van der Waals surface area contributed by atoms with E-state index >= 15 is 0 Å². The quantitative estimate of drug-likeness (QED) is 0.767. The number of nitrogens with zero attached hydrogens (tertiary/aromatic N) is 5. The number of nitriles is 1. The van der Waals surface area contributed by atoms with Crippen LogP contribution in [0.15, 0.2) is 18.3 Å². The van der Waals surface area contributed by atoms with Gasteiger partial charge in [-0.25, -0.2) is 4.68 Å². The van der Waals surface area contributed by atoms with Gasteiger partial charge in [-0.3, -0.25) is 4.90 Å². The van der Waals surface area contributed by atoms with Crippen LogP contribution in [-0.4, -0.2) is 66.2 Å². The van der Waals surface area contributed by atoms with E-state index in [1.165, 1.54) is 6.42 Å². The Morgan fingerprint density at radius 3 is 2.76 bits per heavy atom. The Balaban J connectivity index is 1.41. The average molecular weight is 416 g/mol. The molecule has 3 fully saturated rings. The Labute approximate surface area is 175 Å². The summed E-state index contributed by atoms with van der Waals surface area (Å²) in [6.07, 6.45) is 6.14. The van der Waals surface area contributed by atoms with Crippen molar-refractivity contribution in [1.29, 1.82) is 5.26 Å². The summed E-state index contributed by atoms with van der Waals surface area (Å²) in [5, 5.41) is 16.0. The largest absolute Gasteiger partial charge is 0.375 e. The second-order valence-electron chi connectivity index (χ2n) is 8.24. The van der Waals surface area contributed by atoms with Crippen LogP contribution in [0.2, 0.25) is 5.02 Å². The molecule has 1 aromatic carbocycles. The first kappa shape index (κ1) is 19.1. The predicted octanol–water partition coefficient (Wildman–Crippen LogP) is 3.19. The molecule has 0 spiro atoms. The molecule has 154 valence electrons. The van der Waals surface area contributed by atoms with Crippen molar-refractivity contribution in [2.75, 3.05) is 50.9 Å². The van der Waals surface area contributed by atoms with Gasteiger partial charge in [0, 0.05) is 38.2 Å². The molecule has 7 nitrogen and oxygen atoms in total.